The van der Waals surface area contributed by atoms with Crippen LogP contribution in [0.2, 0.25) is 0 Å². The first kappa shape index (κ1) is 97.2. The summed E-state index contributed by atoms with van der Waals surface area (Å²) in [6.07, 6.45) is 1.62. The van der Waals surface area contributed by atoms with Crippen LogP contribution < -0.4 is 39.9 Å². The van der Waals surface area contributed by atoms with Crippen LogP contribution in [0.3, 0.4) is 0 Å². The number of hydrogen-bond acceptors (Lipinski definition) is 28. The van der Waals surface area contributed by atoms with Gasteiger partial charge in [0.05, 0.1) is 123 Å². The first-order valence-corrected chi connectivity index (χ1v) is 48.4. The number of ether oxygens (including phenoxy) is 5. The summed E-state index contributed by atoms with van der Waals surface area (Å²) in [6.45, 7) is 27.9. The van der Waals surface area contributed by atoms with Crippen LogP contribution in [0.25, 0.3) is 210 Å². The number of aromatic amines is 5. The molecule has 0 saturated carbocycles. The topological polar surface area (TPSA) is 396 Å². The number of likely N-dealkylation sites (N-methyl/N-ethyl adjacent to an activating group) is 3. The lowest BCUT2D eigenvalue weighted by Crippen LogP contribution is -2.20. The fraction of sp³-hybridized carbons (Fsp3) is 0.246. The Morgan fingerprint density at radius 2 is 0.667 bits per heavy atom. The predicted octanol–water partition coefficient (Wildman–Crippen LogP) is 22.9. The number of methoxy groups -OCH3 is 4. The molecule has 23 rings (SSSR count). The predicted molar refractivity (Wildman–Crippen MR) is 581 cm³/mol. The molecular formula is C114H113N23O10. The van der Waals surface area contributed by atoms with Crippen LogP contribution in [0, 0.1) is 83.1 Å². The van der Waals surface area contributed by atoms with E-state index in [1.165, 1.54) is 6.07 Å². The number of aryl methyl sites for hydroxylation is 12. The minimum Gasteiger partial charge on any atom is -0.496 e. The van der Waals surface area contributed by atoms with Crippen LogP contribution in [0.5, 0.6) is 28.9 Å². The number of aromatic nitrogens is 18. The summed E-state index contributed by atoms with van der Waals surface area (Å²) in [5.41, 5.74) is 27.3. The normalized spacial score (nSPS) is 11.7. The molecule has 0 amide bonds. The van der Waals surface area contributed by atoms with Gasteiger partial charge in [0.25, 0.3) is 0 Å². The molecule has 0 unspecified atom stereocenters. The van der Waals surface area contributed by atoms with Gasteiger partial charge in [0.2, 0.25) is 11.4 Å². The van der Waals surface area contributed by atoms with Gasteiger partial charge in [-0.05, 0) is 209 Å². The number of anilines is 2. The molecule has 0 aliphatic heterocycles. The Kier molecular flexibility index (Phi) is 26.5. The second-order valence-corrected chi connectivity index (χ2v) is 37.6. The van der Waals surface area contributed by atoms with Crippen molar-refractivity contribution >= 4 is 132 Å². The molecule has 33 heteroatoms. The molecule has 0 atom stereocenters. The quantitative estimate of drug-likeness (QED) is 0.0295. The fourth-order valence-electron chi connectivity index (χ4n) is 20.0. The van der Waals surface area contributed by atoms with Crippen molar-refractivity contribution in [3.63, 3.8) is 0 Å². The molecule has 9 aromatic carbocycles. The summed E-state index contributed by atoms with van der Waals surface area (Å²) >= 11 is 0. The van der Waals surface area contributed by atoms with Crippen LogP contribution in [0.4, 0.5) is 11.4 Å². The highest BCUT2D eigenvalue weighted by atomic mass is 16.5. The van der Waals surface area contributed by atoms with E-state index in [9.17, 15) is 4.79 Å². The molecule has 744 valence electrons. The third-order valence-corrected chi connectivity index (χ3v) is 26.6. The van der Waals surface area contributed by atoms with Crippen LogP contribution in [-0.2, 0) is 0 Å². The Balaban J connectivity index is 0.000000120. The lowest BCUT2D eigenvalue weighted by molar-refractivity contribution is 0.254. The zero-order chi connectivity index (χ0) is 103. The van der Waals surface area contributed by atoms with E-state index in [1.54, 1.807) is 34.6 Å². The molecule has 0 aliphatic rings. The maximum atomic E-state index is 11.9. The van der Waals surface area contributed by atoms with Gasteiger partial charge in [0, 0.05) is 167 Å². The molecule has 0 bridgehead atoms. The average molecular weight is 1970 g/mol. The Bertz CT molecular complexity index is 8820. The van der Waals surface area contributed by atoms with E-state index in [0.29, 0.717) is 52.9 Å². The molecule has 0 saturated heterocycles. The Labute approximate surface area is 845 Å². The number of fused-ring (bicyclic) bond motifs is 15. The Morgan fingerprint density at radius 1 is 0.320 bits per heavy atom. The van der Waals surface area contributed by atoms with Crippen LogP contribution in [0.1, 0.15) is 69.1 Å². The molecule has 7 N–H and O–H groups in total. The summed E-state index contributed by atoms with van der Waals surface area (Å²) in [5, 5.41) is 36.9. The van der Waals surface area contributed by atoms with Gasteiger partial charge in [-0.2, -0.15) is 0 Å². The molecule has 0 fully saturated rings. The number of benzene rings is 9. The molecule has 0 aliphatic carbocycles. The van der Waals surface area contributed by atoms with E-state index in [2.05, 4.69) is 218 Å². The second-order valence-electron chi connectivity index (χ2n) is 37.6. The van der Waals surface area contributed by atoms with Crippen LogP contribution in [-0.4, -0.2) is 215 Å². The highest BCUT2D eigenvalue weighted by Crippen LogP contribution is 2.50. The smallest absolute Gasteiger partial charge is 0.248 e. The molecule has 33 nitrogen and oxygen atoms in total. The summed E-state index contributed by atoms with van der Waals surface area (Å²) in [4.78, 5) is 78.2. The molecule has 14 heterocycles. The van der Waals surface area contributed by atoms with E-state index in [4.69, 9.17) is 76.7 Å². The van der Waals surface area contributed by atoms with Gasteiger partial charge in [-0.1, -0.05) is 99.5 Å². The number of nitrogens with zero attached hydrogens (tertiary/aromatic N) is 16. The van der Waals surface area contributed by atoms with Crippen molar-refractivity contribution in [2.24, 2.45) is 0 Å². The standard InChI is InChI=1S/2C31H32N6O2.C30H30N6O3.C22H19N5O3/c1-17-28(18(2)39-36-17)24-15-26-23(16-27(24)38-6)29-30(33-19(3)34-31(29)35-26)22-11-7-10-21-20(22)9-8-12-25(21)32-13-14-37(4)5;1-17-28(18(2)39-36-17)24-15-26-23(16-27(24)38-6)29-30(33-19(3)34-31(29)35-26)22-11-12-25(32-13-14-37(4)5)21-10-8-7-9-20(21)22;1-16-27(17(2)39-35-16)22-13-24-21(14-25(22)37-6)28-29(31-18(3)32-30(28)34-24)20-15-26(38-12-11-36(4)5)33-23-10-8-7-9-19(20)23;1-10-19(11(2)30-27-10)15-8-16-14(9-17(15)29-4)20-21(13-5-6-23-18(28)7-13)24-12(3)25-22(20)26-16/h2*7-12,15-16,32H,13-14H2,1-6H3,(H,33,34,35);7-10,13-15H,11-12H2,1-6H3,(H,31,32,34);5-9H,1-4H3,(H,23,28)(H,24,25,26). The second kappa shape index (κ2) is 40.1. The van der Waals surface area contributed by atoms with Gasteiger partial charge in [-0.25, -0.2) is 44.9 Å². The third kappa shape index (κ3) is 18.6. The Morgan fingerprint density at radius 3 is 1.05 bits per heavy atom. The molecular weight excluding hydrogens is 1850 g/mol. The van der Waals surface area contributed by atoms with Crippen molar-refractivity contribution in [3.05, 3.63) is 249 Å². The summed E-state index contributed by atoms with van der Waals surface area (Å²) in [6, 6.07) is 55.4. The van der Waals surface area contributed by atoms with Gasteiger partial charge in [-0.15, -0.1) is 0 Å². The van der Waals surface area contributed by atoms with Gasteiger partial charge < -0.3 is 92.0 Å². The first-order valence-electron chi connectivity index (χ1n) is 48.4. The summed E-state index contributed by atoms with van der Waals surface area (Å²) in [7, 11) is 19.1. The van der Waals surface area contributed by atoms with Gasteiger partial charge in [0.15, 0.2) is 0 Å². The highest BCUT2D eigenvalue weighted by molar-refractivity contribution is 6.21. The Hall–Kier alpha value is -17.3. The first-order chi connectivity index (χ1) is 71.0. The van der Waals surface area contributed by atoms with Gasteiger partial charge in [-0.3, -0.25) is 4.79 Å². The van der Waals surface area contributed by atoms with E-state index in [-0.39, 0.29) is 5.56 Å². The van der Waals surface area contributed by atoms with Crippen molar-refractivity contribution in [2.75, 3.05) is 121 Å². The SMILES string of the molecule is COc1cc2c(cc1-c1c(C)noc1C)[nH]c1nc(C)nc(-c3cc(OCCN(C)C)nc4ccccc34)c12.COc1cc2c(cc1-c1c(C)noc1C)[nH]c1nc(C)nc(-c3cc[nH]c(=O)c3)c12.COc1cc2c(cc1-c1c(C)noc1C)[nH]c1nc(C)nc(-c3ccc(NCCN(C)C)c4ccccc34)c12.COc1cc2c(cc1-c1c(C)noc1C)[nH]c1nc(C)nc(-c3cccc4c(NCCN(C)C)cccc34)c12. The van der Waals surface area contributed by atoms with Gasteiger partial charge in [0.1, 0.15) is 98.5 Å². The molecule has 14 aromatic heterocycles. The molecule has 0 radical (unpaired) electrons. The summed E-state index contributed by atoms with van der Waals surface area (Å²) < 4.78 is 51.1. The summed E-state index contributed by atoms with van der Waals surface area (Å²) in [5.74, 6) is 9.12. The monoisotopic (exact) mass is 1960 g/mol. The third-order valence-electron chi connectivity index (χ3n) is 26.6. The zero-order valence-corrected chi connectivity index (χ0v) is 86.1. The minimum atomic E-state index is -0.185. The van der Waals surface area contributed by atoms with E-state index in [0.717, 1.165) is 306 Å². The zero-order valence-electron chi connectivity index (χ0n) is 86.1. The number of pyridine rings is 2. The number of nitrogens with one attached hydrogen (secondary N) is 7. The largest absolute Gasteiger partial charge is 0.496 e. The molecule has 147 heavy (non-hydrogen) atoms. The van der Waals surface area contributed by atoms with E-state index in [1.807, 2.05) is 146 Å². The fourth-order valence-corrected chi connectivity index (χ4v) is 20.0. The maximum Gasteiger partial charge on any atom is 0.248 e. The van der Waals surface area contributed by atoms with Crippen molar-refractivity contribution in [3.8, 4) is 118 Å². The highest BCUT2D eigenvalue weighted by Gasteiger charge is 2.30. The maximum absolute atomic E-state index is 11.9. The van der Waals surface area contributed by atoms with Crippen molar-refractivity contribution in [1.29, 1.82) is 0 Å². The van der Waals surface area contributed by atoms with Crippen LogP contribution in [0.15, 0.2) is 193 Å². The molecule has 0 spiro atoms. The van der Waals surface area contributed by atoms with Crippen molar-refractivity contribution < 1.29 is 41.8 Å². The van der Waals surface area contributed by atoms with Crippen molar-refractivity contribution in [2.45, 2.75) is 83.1 Å². The van der Waals surface area contributed by atoms with Crippen molar-refractivity contribution in [1.82, 2.24) is 105 Å². The number of para-hydroxylation sites is 1. The lowest BCUT2D eigenvalue weighted by Gasteiger charge is -2.15. The number of H-pyrrole nitrogens is 5. The van der Waals surface area contributed by atoms with Gasteiger partial charge >= 0.3 is 0 Å². The number of hydrogen-bond donors (Lipinski definition) is 7. The van der Waals surface area contributed by atoms with E-state index < -0.39 is 0 Å². The average Bonchev–Trinajstić information content (AvgIpc) is 1.32. The molecule has 23 aromatic rings. The minimum absolute atomic E-state index is 0.185. The van der Waals surface area contributed by atoms with E-state index >= 15 is 0 Å². The number of rotatable bonds is 24. The van der Waals surface area contributed by atoms with Crippen LogP contribution >= 0.6 is 0 Å². The lowest BCUT2D eigenvalue weighted by atomic mass is 9.97.